The number of imide groups is 1. The molecule has 1 rings (SSSR count). The zero-order chi connectivity index (χ0) is 15.8. The second-order valence-electron chi connectivity index (χ2n) is 4.85. The van der Waals surface area contributed by atoms with Gasteiger partial charge in [0.25, 0.3) is 5.91 Å². The summed E-state index contributed by atoms with van der Waals surface area (Å²) in [6.07, 6.45) is 0.843. The maximum absolute atomic E-state index is 11.5. The monoisotopic (exact) mass is 332 g/mol. The first-order valence-corrected chi connectivity index (χ1v) is 7.29. The highest BCUT2D eigenvalue weighted by molar-refractivity contribution is 6.34. The first kappa shape index (κ1) is 17.6. The fourth-order valence-electron chi connectivity index (χ4n) is 1.41. The summed E-state index contributed by atoms with van der Waals surface area (Å²) < 4.78 is 5.21. The third-order valence-corrected chi connectivity index (χ3v) is 3.06. The molecule has 1 aromatic rings. The second-order valence-corrected chi connectivity index (χ2v) is 5.69. The molecule has 0 saturated heterocycles. The first-order chi connectivity index (χ1) is 9.88. The lowest BCUT2D eigenvalue weighted by atomic mass is 10.1. The number of nitrogens with one attached hydrogen (secondary N) is 2. The normalized spacial score (nSPS) is 10.3. The summed E-state index contributed by atoms with van der Waals surface area (Å²) >= 11 is 11.7. The van der Waals surface area contributed by atoms with Crippen LogP contribution in [0.15, 0.2) is 18.2 Å². The third-order valence-electron chi connectivity index (χ3n) is 2.51. The van der Waals surface area contributed by atoms with Gasteiger partial charge in [0.2, 0.25) is 0 Å². The fraction of sp³-hybridized carbons (Fsp3) is 0.429. The maximum Gasteiger partial charge on any atom is 0.321 e. The molecule has 0 fully saturated rings. The molecule has 0 aliphatic carbocycles. The second kappa shape index (κ2) is 8.74. The van der Waals surface area contributed by atoms with Gasteiger partial charge in [-0.05, 0) is 24.5 Å². The van der Waals surface area contributed by atoms with Gasteiger partial charge in [-0.1, -0.05) is 37.0 Å². The van der Waals surface area contributed by atoms with Crippen LogP contribution in [-0.2, 0) is 4.79 Å². The number of carbonyl (C=O) groups is 2. The molecule has 0 saturated carbocycles. The molecule has 5 nitrogen and oxygen atoms in total. The van der Waals surface area contributed by atoms with Gasteiger partial charge in [0.05, 0.1) is 5.02 Å². The zero-order valence-corrected chi connectivity index (χ0v) is 13.4. The summed E-state index contributed by atoms with van der Waals surface area (Å²) in [5, 5.41) is 5.54. The maximum atomic E-state index is 11.5. The summed E-state index contributed by atoms with van der Waals surface area (Å²) in [7, 11) is 0. The van der Waals surface area contributed by atoms with Crippen LogP contribution >= 0.6 is 23.2 Å². The van der Waals surface area contributed by atoms with Gasteiger partial charge in [-0.15, -0.1) is 0 Å². The number of halogens is 2. The van der Waals surface area contributed by atoms with Crippen LogP contribution in [0.25, 0.3) is 0 Å². The van der Waals surface area contributed by atoms with Crippen molar-refractivity contribution in [1.82, 2.24) is 10.6 Å². The van der Waals surface area contributed by atoms with E-state index in [2.05, 4.69) is 10.6 Å². The van der Waals surface area contributed by atoms with Gasteiger partial charge in [-0.25, -0.2) is 4.79 Å². The Balaban J connectivity index is 2.33. The van der Waals surface area contributed by atoms with Crippen LogP contribution in [0.5, 0.6) is 5.75 Å². The minimum atomic E-state index is -0.562. The van der Waals surface area contributed by atoms with Crippen molar-refractivity contribution in [3.8, 4) is 5.75 Å². The van der Waals surface area contributed by atoms with Gasteiger partial charge in [0.15, 0.2) is 6.61 Å². The molecule has 3 amide bonds. The van der Waals surface area contributed by atoms with Gasteiger partial charge >= 0.3 is 6.03 Å². The molecule has 0 radical (unpaired) electrons. The highest BCUT2D eigenvalue weighted by atomic mass is 35.5. The quantitative estimate of drug-likeness (QED) is 0.840. The van der Waals surface area contributed by atoms with E-state index in [9.17, 15) is 9.59 Å². The van der Waals surface area contributed by atoms with E-state index >= 15 is 0 Å². The zero-order valence-electron chi connectivity index (χ0n) is 11.9. The van der Waals surface area contributed by atoms with Crippen molar-refractivity contribution in [1.29, 1.82) is 0 Å². The van der Waals surface area contributed by atoms with Crippen LogP contribution in [0.3, 0.4) is 0 Å². The van der Waals surface area contributed by atoms with Crippen molar-refractivity contribution in [3.05, 3.63) is 28.2 Å². The molecule has 1 aromatic carbocycles. The van der Waals surface area contributed by atoms with Crippen molar-refractivity contribution in [2.75, 3.05) is 13.2 Å². The lowest BCUT2D eigenvalue weighted by Gasteiger charge is -2.10. The van der Waals surface area contributed by atoms with E-state index in [1.165, 1.54) is 6.07 Å². The molecule has 21 heavy (non-hydrogen) atoms. The Hall–Kier alpha value is -1.46. The third kappa shape index (κ3) is 7.20. The molecule has 0 unspecified atom stereocenters. The summed E-state index contributed by atoms with van der Waals surface area (Å²) in [6, 6.07) is 4.13. The van der Waals surface area contributed by atoms with Gasteiger partial charge in [-0.3, -0.25) is 10.1 Å². The molecular weight excluding hydrogens is 315 g/mol. The number of hydrogen-bond acceptors (Lipinski definition) is 3. The Morgan fingerprint density at radius 3 is 2.67 bits per heavy atom. The average Bonchev–Trinajstić information content (AvgIpc) is 2.39. The predicted octanol–water partition coefficient (Wildman–Crippen LogP) is 3.24. The molecule has 0 spiro atoms. The molecule has 116 valence electrons. The smallest absolute Gasteiger partial charge is 0.321 e. The van der Waals surface area contributed by atoms with Crippen molar-refractivity contribution < 1.29 is 14.3 Å². The number of carbonyl (C=O) groups excluding carboxylic acids is 2. The van der Waals surface area contributed by atoms with E-state index in [0.29, 0.717) is 28.3 Å². The summed E-state index contributed by atoms with van der Waals surface area (Å²) in [4.78, 5) is 23.0. The van der Waals surface area contributed by atoms with Crippen LogP contribution in [0.2, 0.25) is 10.0 Å². The van der Waals surface area contributed by atoms with Gasteiger partial charge in [0.1, 0.15) is 5.75 Å². The highest BCUT2D eigenvalue weighted by Crippen LogP contribution is 2.27. The summed E-state index contributed by atoms with van der Waals surface area (Å²) in [5.41, 5.74) is 0. The Morgan fingerprint density at radius 1 is 1.29 bits per heavy atom. The molecular formula is C14H18Cl2N2O3. The number of benzene rings is 1. The summed E-state index contributed by atoms with van der Waals surface area (Å²) in [6.45, 7) is 4.29. The molecule has 0 atom stereocenters. The van der Waals surface area contributed by atoms with Crippen LogP contribution in [0, 0.1) is 5.92 Å². The van der Waals surface area contributed by atoms with Gasteiger partial charge < -0.3 is 10.1 Å². The first-order valence-electron chi connectivity index (χ1n) is 6.54. The van der Waals surface area contributed by atoms with Gasteiger partial charge in [-0.2, -0.15) is 0 Å². The number of rotatable bonds is 6. The minimum Gasteiger partial charge on any atom is -0.482 e. The van der Waals surface area contributed by atoms with Crippen LogP contribution in [0.1, 0.15) is 20.3 Å². The number of amides is 3. The largest absolute Gasteiger partial charge is 0.482 e. The van der Waals surface area contributed by atoms with Crippen molar-refractivity contribution in [3.63, 3.8) is 0 Å². The molecule has 0 heterocycles. The van der Waals surface area contributed by atoms with E-state index < -0.39 is 11.9 Å². The highest BCUT2D eigenvalue weighted by Gasteiger charge is 2.10. The standard InChI is InChI=1S/C14H18Cl2N2O3/c1-9(2)5-6-17-14(20)18-13(19)8-21-12-7-10(15)3-4-11(12)16/h3-4,7,9H,5-6,8H2,1-2H3,(H2,17,18,19,20). The number of hydrogen-bond donors (Lipinski definition) is 2. The lowest BCUT2D eigenvalue weighted by Crippen LogP contribution is -2.42. The minimum absolute atomic E-state index is 0.291. The van der Waals surface area contributed by atoms with Crippen LogP contribution in [-0.4, -0.2) is 25.1 Å². The SMILES string of the molecule is CC(C)CCNC(=O)NC(=O)COc1cc(Cl)ccc1Cl. The fourth-order valence-corrected chi connectivity index (χ4v) is 1.75. The Labute approximate surface area is 133 Å². The van der Waals surface area contributed by atoms with Gasteiger partial charge in [0, 0.05) is 17.6 Å². The van der Waals surface area contributed by atoms with Crippen molar-refractivity contribution >= 4 is 35.1 Å². The molecule has 0 bridgehead atoms. The number of ether oxygens (including phenoxy) is 1. The summed E-state index contributed by atoms with van der Waals surface area (Å²) in [5.74, 6) is 0.210. The van der Waals surface area contributed by atoms with E-state index in [4.69, 9.17) is 27.9 Å². The number of urea groups is 1. The molecule has 0 aliphatic heterocycles. The molecule has 0 aliphatic rings. The molecule has 0 aromatic heterocycles. The van der Waals surface area contributed by atoms with E-state index in [1.54, 1.807) is 12.1 Å². The van der Waals surface area contributed by atoms with Crippen molar-refractivity contribution in [2.45, 2.75) is 20.3 Å². The predicted molar refractivity (Wildman–Crippen MR) is 83.0 cm³/mol. The Morgan fingerprint density at radius 2 is 2.00 bits per heavy atom. The Bertz CT molecular complexity index is 507. The van der Waals surface area contributed by atoms with E-state index in [1.807, 2.05) is 13.8 Å². The van der Waals surface area contributed by atoms with E-state index in [-0.39, 0.29) is 6.61 Å². The van der Waals surface area contributed by atoms with E-state index in [0.717, 1.165) is 6.42 Å². The Kier molecular flexibility index (Phi) is 7.32. The molecule has 2 N–H and O–H groups in total. The van der Waals surface area contributed by atoms with Crippen LogP contribution < -0.4 is 15.4 Å². The van der Waals surface area contributed by atoms with Crippen molar-refractivity contribution in [2.24, 2.45) is 5.92 Å². The van der Waals surface area contributed by atoms with Crippen LogP contribution in [0.4, 0.5) is 4.79 Å². The topological polar surface area (TPSA) is 67.4 Å². The average molecular weight is 333 g/mol. The molecule has 7 heteroatoms. The lowest BCUT2D eigenvalue weighted by molar-refractivity contribution is -0.122.